The highest BCUT2D eigenvalue weighted by atomic mass is 16.3. The maximum absolute atomic E-state index is 6.64. The van der Waals surface area contributed by atoms with E-state index in [-0.39, 0.29) is 0 Å². The quantitative estimate of drug-likeness (QED) is 0.156. The van der Waals surface area contributed by atoms with Crippen molar-refractivity contribution in [2.45, 2.75) is 43.9 Å². The first-order chi connectivity index (χ1) is 33.6. The molecule has 4 fully saturated rings. The van der Waals surface area contributed by atoms with E-state index in [2.05, 4.69) is 158 Å². The summed E-state index contributed by atoms with van der Waals surface area (Å²) in [4.78, 5) is 16.2. The Morgan fingerprint density at radius 2 is 0.838 bits per heavy atom. The fourth-order valence-corrected chi connectivity index (χ4v) is 13.4. The van der Waals surface area contributed by atoms with Crippen LogP contribution in [0.1, 0.15) is 44.1 Å². The lowest BCUT2D eigenvalue weighted by Gasteiger charge is -2.57. The highest BCUT2D eigenvalue weighted by molar-refractivity contribution is 6.14. The largest absolute Gasteiger partial charge is 0.455 e. The average Bonchev–Trinajstić information content (AvgIpc) is 3.97. The van der Waals surface area contributed by atoms with Crippen LogP contribution in [0.2, 0.25) is 0 Å². The van der Waals surface area contributed by atoms with Crippen molar-refractivity contribution in [2.75, 3.05) is 0 Å². The van der Waals surface area contributed by atoms with Gasteiger partial charge in [-0.1, -0.05) is 133 Å². The smallest absolute Gasteiger partial charge is 0.167 e. The number of furan rings is 2. The fraction of sp³-hybridized carbons (Fsp3) is 0.159. The van der Waals surface area contributed by atoms with Crippen molar-refractivity contribution >= 4 is 65.4 Å². The number of fused-ring (bicyclic) bond motifs is 9. The van der Waals surface area contributed by atoms with E-state index >= 15 is 0 Å². The van der Waals surface area contributed by atoms with E-state index in [4.69, 9.17) is 23.8 Å². The minimum Gasteiger partial charge on any atom is -0.455 e. The fourth-order valence-electron chi connectivity index (χ4n) is 13.4. The minimum atomic E-state index is 0.327. The second kappa shape index (κ2) is 14.6. The van der Waals surface area contributed by atoms with Gasteiger partial charge in [0.2, 0.25) is 0 Å². The molecule has 68 heavy (non-hydrogen) atoms. The van der Waals surface area contributed by atoms with E-state index in [0.29, 0.717) is 22.9 Å². The molecule has 3 aromatic heterocycles. The molecule has 5 heteroatoms. The molecule has 9 aromatic carbocycles. The predicted octanol–water partition coefficient (Wildman–Crippen LogP) is 16.8. The molecule has 324 valence electrons. The Kier molecular flexibility index (Phi) is 8.18. The first-order valence-corrected chi connectivity index (χ1v) is 24.3. The standard InChI is InChI=1S/C63H45N3O2/c1-2-12-46-41(11-1)33-55(48-14-4-3-13-47(46)48)43-30-42(40-23-25-45(26-24-40)63-34-37-27-38(35-63)29-39(28-37)36-63)31-44(32-43)60-64-61(53-19-9-17-51-49-15-5-7-21-56(49)67-58(51)53)66-62(65-60)54-20-10-18-52-50-16-6-8-22-57(50)68-59(52)54/h1-26,30-33,37-39H,27-29,34-36H2. The van der Waals surface area contributed by atoms with Crippen molar-refractivity contribution in [2.24, 2.45) is 17.8 Å². The van der Waals surface area contributed by atoms with Gasteiger partial charge in [-0.15, -0.1) is 0 Å². The Balaban J connectivity index is 0.969. The minimum absolute atomic E-state index is 0.327. The molecular weight excluding hydrogens is 831 g/mol. The molecule has 0 unspecified atom stereocenters. The van der Waals surface area contributed by atoms with Gasteiger partial charge in [0.15, 0.2) is 17.5 Å². The van der Waals surface area contributed by atoms with E-state index in [0.717, 1.165) is 89.4 Å². The molecule has 5 nitrogen and oxygen atoms in total. The summed E-state index contributed by atoms with van der Waals surface area (Å²) in [5.74, 6) is 4.32. The molecule has 0 aliphatic heterocycles. The predicted molar refractivity (Wildman–Crippen MR) is 276 cm³/mol. The number of rotatable bonds is 6. The zero-order chi connectivity index (χ0) is 44.5. The first kappa shape index (κ1) is 38.2. The van der Waals surface area contributed by atoms with Gasteiger partial charge in [-0.05, 0) is 160 Å². The summed E-state index contributed by atoms with van der Waals surface area (Å²) in [6.45, 7) is 0. The van der Waals surface area contributed by atoms with E-state index < -0.39 is 0 Å². The summed E-state index contributed by atoms with van der Waals surface area (Å²) in [6, 6.07) is 65.3. The van der Waals surface area contributed by atoms with Gasteiger partial charge in [0, 0.05) is 27.1 Å². The van der Waals surface area contributed by atoms with Gasteiger partial charge in [-0.25, -0.2) is 15.0 Å². The SMILES string of the molecule is c1ccc2c(c1)cc(-c1cc(-c3ccc(C45CC6CC(CC(C6)C4)C5)cc3)cc(-c3nc(-c4cccc5c4oc4ccccc45)nc(-c4cccc5c4oc4ccccc45)n3)c1)c1ccccc12. The summed E-state index contributed by atoms with van der Waals surface area (Å²) >= 11 is 0. The van der Waals surface area contributed by atoms with Crippen molar-refractivity contribution in [3.63, 3.8) is 0 Å². The zero-order valence-corrected chi connectivity index (χ0v) is 37.5. The molecule has 0 N–H and O–H groups in total. The van der Waals surface area contributed by atoms with Gasteiger partial charge in [0.1, 0.15) is 22.3 Å². The summed E-state index contributed by atoms with van der Waals surface area (Å²) in [5.41, 5.74) is 12.1. The lowest BCUT2D eigenvalue weighted by molar-refractivity contribution is -0.00518. The molecule has 0 saturated heterocycles. The number of benzene rings is 9. The van der Waals surface area contributed by atoms with Crippen molar-refractivity contribution in [1.29, 1.82) is 0 Å². The van der Waals surface area contributed by atoms with Crippen LogP contribution < -0.4 is 0 Å². The molecule has 4 saturated carbocycles. The Morgan fingerprint density at radius 3 is 1.46 bits per heavy atom. The lowest BCUT2D eigenvalue weighted by Crippen LogP contribution is -2.48. The number of nitrogens with zero attached hydrogens (tertiary/aromatic N) is 3. The van der Waals surface area contributed by atoms with Crippen LogP contribution in [0.25, 0.3) is 122 Å². The average molecular weight is 876 g/mol. The Hall–Kier alpha value is -7.89. The topological polar surface area (TPSA) is 65.0 Å². The molecule has 16 rings (SSSR count). The first-order valence-electron chi connectivity index (χ1n) is 24.3. The second-order valence-corrected chi connectivity index (χ2v) is 20.1. The van der Waals surface area contributed by atoms with E-state index in [1.807, 2.05) is 24.3 Å². The van der Waals surface area contributed by atoms with Crippen molar-refractivity contribution in [3.05, 3.63) is 188 Å². The maximum atomic E-state index is 6.64. The van der Waals surface area contributed by atoms with Gasteiger partial charge in [-0.3, -0.25) is 0 Å². The lowest BCUT2D eigenvalue weighted by atomic mass is 9.48. The number of hydrogen-bond donors (Lipinski definition) is 0. The Labute approximate surface area is 393 Å². The molecule has 0 atom stereocenters. The zero-order valence-electron chi connectivity index (χ0n) is 37.5. The third-order valence-corrected chi connectivity index (χ3v) is 16.1. The molecule has 0 radical (unpaired) electrons. The van der Waals surface area contributed by atoms with Gasteiger partial charge < -0.3 is 8.83 Å². The van der Waals surface area contributed by atoms with Crippen LogP contribution in [0.4, 0.5) is 0 Å². The van der Waals surface area contributed by atoms with Crippen molar-refractivity contribution in [1.82, 2.24) is 15.0 Å². The summed E-state index contributed by atoms with van der Waals surface area (Å²) in [7, 11) is 0. The monoisotopic (exact) mass is 875 g/mol. The number of hydrogen-bond acceptors (Lipinski definition) is 5. The molecule has 12 aromatic rings. The van der Waals surface area contributed by atoms with Crippen LogP contribution in [0.5, 0.6) is 0 Å². The number of aromatic nitrogens is 3. The third kappa shape index (κ3) is 5.91. The van der Waals surface area contributed by atoms with E-state index in [1.165, 1.54) is 76.8 Å². The van der Waals surface area contributed by atoms with Crippen LogP contribution in [-0.2, 0) is 5.41 Å². The summed E-state index contributed by atoms with van der Waals surface area (Å²) in [6.07, 6.45) is 8.37. The normalized spacial score (nSPS) is 19.9. The van der Waals surface area contributed by atoms with Crippen molar-refractivity contribution < 1.29 is 8.83 Å². The molecular formula is C63H45N3O2. The molecule has 4 aliphatic carbocycles. The van der Waals surface area contributed by atoms with Gasteiger partial charge in [0.25, 0.3) is 0 Å². The Morgan fingerprint density at radius 1 is 0.353 bits per heavy atom. The highest BCUT2D eigenvalue weighted by Gasteiger charge is 2.51. The van der Waals surface area contributed by atoms with E-state index in [9.17, 15) is 0 Å². The van der Waals surface area contributed by atoms with Crippen LogP contribution in [0, 0.1) is 17.8 Å². The van der Waals surface area contributed by atoms with Crippen molar-refractivity contribution in [3.8, 4) is 56.4 Å². The van der Waals surface area contributed by atoms with Gasteiger partial charge in [0.05, 0.1) is 11.1 Å². The van der Waals surface area contributed by atoms with E-state index in [1.54, 1.807) is 0 Å². The van der Waals surface area contributed by atoms with Gasteiger partial charge >= 0.3 is 0 Å². The molecule has 3 heterocycles. The maximum Gasteiger partial charge on any atom is 0.167 e. The third-order valence-electron chi connectivity index (χ3n) is 16.1. The molecule has 0 spiro atoms. The second-order valence-electron chi connectivity index (χ2n) is 20.1. The van der Waals surface area contributed by atoms with Crippen LogP contribution in [0.15, 0.2) is 191 Å². The number of para-hydroxylation sites is 4. The molecule has 0 amide bonds. The summed E-state index contributed by atoms with van der Waals surface area (Å²) in [5, 5.41) is 9.04. The summed E-state index contributed by atoms with van der Waals surface area (Å²) < 4.78 is 13.3. The van der Waals surface area contributed by atoms with Crippen LogP contribution in [-0.4, -0.2) is 15.0 Å². The van der Waals surface area contributed by atoms with Crippen LogP contribution in [0.3, 0.4) is 0 Å². The highest BCUT2D eigenvalue weighted by Crippen LogP contribution is 2.61. The van der Waals surface area contributed by atoms with Crippen LogP contribution >= 0.6 is 0 Å². The van der Waals surface area contributed by atoms with Gasteiger partial charge in [-0.2, -0.15) is 0 Å². The molecule has 4 aliphatic rings. The molecule has 4 bridgehead atoms. The Bertz CT molecular complexity index is 3860.